The zero-order valence-corrected chi connectivity index (χ0v) is 22.9. The van der Waals surface area contributed by atoms with Gasteiger partial charge in [0.2, 0.25) is 0 Å². The number of aryl methyl sites for hydroxylation is 1. The van der Waals surface area contributed by atoms with Crippen LogP contribution in [0.1, 0.15) is 103 Å². The summed E-state index contributed by atoms with van der Waals surface area (Å²) in [5.41, 5.74) is 11.9. The molecule has 0 amide bonds. The molecule has 2 heteroatoms. The number of hydrogen-bond donors (Lipinski definition) is 1. The first-order valence-electron chi connectivity index (χ1n) is 13.2. The fourth-order valence-electron chi connectivity index (χ4n) is 4.36. The molecule has 1 aliphatic carbocycles. The predicted molar refractivity (Wildman–Crippen MR) is 150 cm³/mol. The van der Waals surface area contributed by atoms with Crippen LogP contribution < -0.4 is 5.32 Å². The van der Waals surface area contributed by atoms with Gasteiger partial charge in [0.25, 0.3) is 0 Å². The molecule has 184 valence electrons. The molecule has 1 saturated carbocycles. The van der Waals surface area contributed by atoms with Crippen molar-refractivity contribution in [3.63, 3.8) is 0 Å². The summed E-state index contributed by atoms with van der Waals surface area (Å²) in [6.45, 7) is 18.4. The van der Waals surface area contributed by atoms with Crippen LogP contribution in [0.25, 0.3) is 0 Å². The van der Waals surface area contributed by atoms with E-state index < -0.39 is 0 Å². The van der Waals surface area contributed by atoms with Crippen LogP contribution in [0, 0.1) is 6.92 Å². The van der Waals surface area contributed by atoms with Gasteiger partial charge in [-0.1, -0.05) is 68.4 Å². The van der Waals surface area contributed by atoms with Crippen molar-refractivity contribution >= 4 is 0 Å². The molecule has 1 aliphatic rings. The number of nitrogens with one attached hydrogen (secondary N) is 1. The van der Waals surface area contributed by atoms with Crippen LogP contribution >= 0.6 is 0 Å². The highest BCUT2D eigenvalue weighted by molar-refractivity contribution is 5.64. The van der Waals surface area contributed by atoms with E-state index in [0.29, 0.717) is 5.92 Å². The molecule has 0 atom stereocenters. The van der Waals surface area contributed by atoms with E-state index in [9.17, 15) is 0 Å². The lowest BCUT2D eigenvalue weighted by Crippen LogP contribution is -2.11. The Kier molecular flexibility index (Phi) is 11.3. The highest BCUT2D eigenvalue weighted by Crippen LogP contribution is 2.40. The van der Waals surface area contributed by atoms with Gasteiger partial charge in [0.05, 0.1) is 0 Å². The predicted octanol–water partition coefficient (Wildman–Crippen LogP) is 9.18. The molecule has 1 N–H and O–H groups in total. The van der Waals surface area contributed by atoms with Crippen molar-refractivity contribution in [1.29, 1.82) is 0 Å². The Labute approximate surface area is 209 Å². The maximum atomic E-state index is 4.79. The average molecular weight is 459 g/mol. The van der Waals surface area contributed by atoms with Crippen molar-refractivity contribution in [2.24, 2.45) is 0 Å². The minimum absolute atomic E-state index is 0.694. The second kappa shape index (κ2) is 13.9. The Hall–Kier alpha value is -2.61. The van der Waals surface area contributed by atoms with Crippen LogP contribution in [-0.2, 0) is 6.54 Å². The van der Waals surface area contributed by atoms with Gasteiger partial charge in [0.15, 0.2) is 0 Å². The van der Waals surface area contributed by atoms with Crippen molar-refractivity contribution in [2.45, 2.75) is 100.0 Å². The van der Waals surface area contributed by atoms with Gasteiger partial charge in [-0.05, 0) is 94.6 Å². The Morgan fingerprint density at radius 1 is 1.03 bits per heavy atom. The largest absolute Gasteiger partial charge is 0.386 e. The summed E-state index contributed by atoms with van der Waals surface area (Å²) in [7, 11) is 0. The number of aromatic nitrogens is 1. The van der Waals surface area contributed by atoms with E-state index in [1.165, 1.54) is 63.1 Å². The summed E-state index contributed by atoms with van der Waals surface area (Å²) < 4.78 is 0. The van der Waals surface area contributed by atoms with Crippen molar-refractivity contribution in [1.82, 2.24) is 10.3 Å². The molecule has 2 rings (SSSR count). The molecule has 0 unspecified atom stereocenters. The highest BCUT2D eigenvalue weighted by atomic mass is 14.8. The van der Waals surface area contributed by atoms with Crippen molar-refractivity contribution in [3.8, 4) is 0 Å². The highest BCUT2D eigenvalue weighted by Gasteiger charge is 2.26. The van der Waals surface area contributed by atoms with E-state index in [1.807, 2.05) is 0 Å². The first-order chi connectivity index (χ1) is 16.4. The van der Waals surface area contributed by atoms with Gasteiger partial charge in [-0.15, -0.1) is 0 Å². The van der Waals surface area contributed by atoms with Crippen LogP contribution in [0.3, 0.4) is 0 Å². The van der Waals surface area contributed by atoms with Gasteiger partial charge in [0.1, 0.15) is 0 Å². The van der Waals surface area contributed by atoms with Crippen LogP contribution in [0.5, 0.6) is 0 Å². The van der Waals surface area contributed by atoms with Crippen molar-refractivity contribution in [2.75, 3.05) is 0 Å². The van der Waals surface area contributed by atoms with Crippen LogP contribution in [0.2, 0.25) is 0 Å². The van der Waals surface area contributed by atoms with E-state index in [2.05, 4.69) is 110 Å². The van der Waals surface area contributed by atoms with Crippen molar-refractivity contribution < 1.29 is 0 Å². The molecule has 0 radical (unpaired) electrons. The van der Waals surface area contributed by atoms with Crippen LogP contribution in [-0.4, -0.2) is 4.98 Å². The van der Waals surface area contributed by atoms with E-state index in [4.69, 9.17) is 4.98 Å². The minimum atomic E-state index is 0.694. The van der Waals surface area contributed by atoms with E-state index in [-0.39, 0.29) is 0 Å². The third kappa shape index (κ3) is 7.45. The number of nitrogens with zero attached hydrogens (tertiary/aromatic N) is 1. The lowest BCUT2D eigenvalue weighted by molar-refractivity contribution is 0.845. The van der Waals surface area contributed by atoms with E-state index in [0.717, 1.165) is 25.8 Å². The number of hydrogen-bond acceptors (Lipinski definition) is 2. The van der Waals surface area contributed by atoms with Gasteiger partial charge in [0, 0.05) is 36.1 Å². The van der Waals surface area contributed by atoms with Crippen molar-refractivity contribution in [3.05, 3.63) is 99.1 Å². The fourth-order valence-corrected chi connectivity index (χ4v) is 4.36. The summed E-state index contributed by atoms with van der Waals surface area (Å²) in [6.07, 6.45) is 21.1. The Morgan fingerprint density at radius 3 is 2.24 bits per heavy atom. The normalized spacial score (nSPS) is 16.8. The number of pyridine rings is 1. The molecule has 1 fully saturated rings. The smallest absolute Gasteiger partial charge is 0.0463 e. The van der Waals surface area contributed by atoms with Crippen LogP contribution in [0.4, 0.5) is 0 Å². The first kappa shape index (κ1) is 27.6. The fraction of sp³-hybridized carbons (Fsp3) is 0.469. The van der Waals surface area contributed by atoms with E-state index in [1.54, 1.807) is 0 Å². The summed E-state index contributed by atoms with van der Waals surface area (Å²) in [5.74, 6) is 0.694. The topological polar surface area (TPSA) is 24.9 Å². The maximum Gasteiger partial charge on any atom is 0.0463 e. The molecule has 1 aromatic rings. The third-order valence-electron chi connectivity index (χ3n) is 6.59. The summed E-state index contributed by atoms with van der Waals surface area (Å²) in [5, 5.41) is 3.65. The number of rotatable bonds is 12. The Morgan fingerprint density at radius 2 is 1.71 bits per heavy atom. The molecule has 0 bridgehead atoms. The molecular formula is C32H46N2. The van der Waals surface area contributed by atoms with Gasteiger partial charge in [-0.25, -0.2) is 0 Å². The maximum absolute atomic E-state index is 4.79. The Balaban J connectivity index is 2.54. The zero-order chi connectivity index (χ0) is 25.1. The quantitative estimate of drug-likeness (QED) is 0.316. The lowest BCUT2D eigenvalue weighted by Gasteiger charge is -2.21. The third-order valence-corrected chi connectivity index (χ3v) is 6.59. The summed E-state index contributed by atoms with van der Waals surface area (Å²) in [6, 6.07) is 2.30. The molecule has 34 heavy (non-hydrogen) atoms. The number of allylic oxidation sites excluding steroid dienone is 11. The molecule has 0 spiro atoms. The molecule has 0 aliphatic heterocycles. The lowest BCUT2D eigenvalue weighted by atomic mass is 9.85. The molecular weight excluding hydrogens is 412 g/mol. The second-order valence-corrected chi connectivity index (χ2v) is 9.38. The van der Waals surface area contributed by atoms with Gasteiger partial charge >= 0.3 is 0 Å². The molecule has 0 aromatic carbocycles. The van der Waals surface area contributed by atoms with Crippen LogP contribution in [0.15, 0.2) is 82.3 Å². The molecule has 1 aromatic heterocycles. The molecule has 2 nitrogen and oxygen atoms in total. The Bertz CT molecular complexity index is 1010. The molecule has 1 heterocycles. The zero-order valence-electron chi connectivity index (χ0n) is 22.9. The second-order valence-electron chi connectivity index (χ2n) is 9.38. The van der Waals surface area contributed by atoms with E-state index >= 15 is 0 Å². The summed E-state index contributed by atoms with van der Waals surface area (Å²) in [4.78, 5) is 4.79. The standard InChI is InChI=1S/C32H46N2/c1-9-14-27(15-10-2)31(24(7)13-5)30(29(16-11-3)23(6)12-4)22-33-20-26-19-25(8)32(34-21-26)28-17-18-28/h9,11,14-16,19,21-22,28,33H,10,12-13,17-18,20H2,1-8H3/b14-9?,16-11-,27-15-,29-23-,30-22+,31-24+. The first-order valence-corrected chi connectivity index (χ1v) is 13.2. The SMILES string of the molecule is CC=CC(=C/CC)/C(C(=C/NCc1cnc(C2CC2)c(C)c1)/C(/C=C\C)=C(/C)CC)=C(/C)CC. The van der Waals surface area contributed by atoms with Gasteiger partial charge < -0.3 is 5.32 Å². The van der Waals surface area contributed by atoms with Gasteiger partial charge in [-0.3, -0.25) is 4.98 Å². The monoisotopic (exact) mass is 458 g/mol. The minimum Gasteiger partial charge on any atom is -0.386 e. The average Bonchev–Trinajstić information content (AvgIpc) is 3.67. The van der Waals surface area contributed by atoms with Gasteiger partial charge in [-0.2, -0.15) is 0 Å². The molecule has 0 saturated heterocycles. The summed E-state index contributed by atoms with van der Waals surface area (Å²) >= 11 is 0.